The number of benzene rings is 1. The summed E-state index contributed by atoms with van der Waals surface area (Å²) in [7, 11) is 1.67. The number of hydrogen-bond donors (Lipinski definition) is 1. The Morgan fingerprint density at radius 3 is 2.71 bits per heavy atom. The maximum atomic E-state index is 5.67. The number of nitrogens with two attached hydrogens (primary N) is 1. The van der Waals surface area contributed by atoms with E-state index in [9.17, 15) is 0 Å². The van der Waals surface area contributed by atoms with E-state index in [-0.39, 0.29) is 5.41 Å². The highest BCUT2D eigenvalue weighted by molar-refractivity contribution is 5.27. The molecule has 0 aliphatic heterocycles. The Hall–Kier alpha value is -1.06. The Labute approximate surface area is 104 Å². The summed E-state index contributed by atoms with van der Waals surface area (Å²) in [4.78, 5) is 0. The first kappa shape index (κ1) is 14.0. The van der Waals surface area contributed by atoms with E-state index < -0.39 is 0 Å². The molecule has 1 aromatic rings. The maximum absolute atomic E-state index is 5.67. The van der Waals surface area contributed by atoms with Gasteiger partial charge in [-0.1, -0.05) is 26.0 Å². The quantitative estimate of drug-likeness (QED) is 0.741. The summed E-state index contributed by atoms with van der Waals surface area (Å²) in [6.07, 6.45) is 0.980. The molecule has 0 unspecified atom stereocenters. The van der Waals surface area contributed by atoms with Crippen molar-refractivity contribution in [1.29, 1.82) is 0 Å². The second-order valence-electron chi connectivity index (χ2n) is 5.02. The third-order valence-electron chi connectivity index (χ3n) is 2.88. The standard InChI is InChI=1S/C14H23NO2/c1-14(2,11-15)7-8-17-10-12-5-4-6-13(9-12)16-3/h4-6,9H,7-8,10-11,15H2,1-3H3. The van der Waals surface area contributed by atoms with Crippen LogP contribution < -0.4 is 10.5 Å². The molecule has 3 nitrogen and oxygen atoms in total. The van der Waals surface area contributed by atoms with Gasteiger partial charge in [0.2, 0.25) is 0 Å². The van der Waals surface area contributed by atoms with Crippen molar-refractivity contribution in [2.45, 2.75) is 26.9 Å². The molecular formula is C14H23NO2. The van der Waals surface area contributed by atoms with Crippen molar-refractivity contribution in [3.8, 4) is 5.75 Å². The fourth-order valence-corrected chi connectivity index (χ4v) is 1.40. The van der Waals surface area contributed by atoms with E-state index in [0.717, 1.165) is 24.3 Å². The summed E-state index contributed by atoms with van der Waals surface area (Å²) in [6.45, 7) is 6.36. The Morgan fingerprint density at radius 1 is 1.29 bits per heavy atom. The monoisotopic (exact) mass is 237 g/mol. The van der Waals surface area contributed by atoms with Gasteiger partial charge in [-0.3, -0.25) is 0 Å². The number of rotatable bonds is 7. The number of hydrogen-bond acceptors (Lipinski definition) is 3. The van der Waals surface area contributed by atoms with Crippen molar-refractivity contribution in [2.75, 3.05) is 20.3 Å². The fraction of sp³-hybridized carbons (Fsp3) is 0.571. The van der Waals surface area contributed by atoms with E-state index in [2.05, 4.69) is 13.8 Å². The van der Waals surface area contributed by atoms with Gasteiger partial charge in [0, 0.05) is 6.61 Å². The number of methoxy groups -OCH3 is 1. The summed E-state index contributed by atoms with van der Waals surface area (Å²) in [5.74, 6) is 0.869. The third-order valence-corrected chi connectivity index (χ3v) is 2.88. The molecule has 96 valence electrons. The Morgan fingerprint density at radius 2 is 2.06 bits per heavy atom. The van der Waals surface area contributed by atoms with Crippen LogP contribution in [-0.4, -0.2) is 20.3 Å². The van der Waals surface area contributed by atoms with Crippen molar-refractivity contribution in [2.24, 2.45) is 11.1 Å². The molecule has 0 saturated heterocycles. The van der Waals surface area contributed by atoms with Crippen LogP contribution in [0.1, 0.15) is 25.8 Å². The van der Waals surface area contributed by atoms with Gasteiger partial charge in [0.15, 0.2) is 0 Å². The lowest BCUT2D eigenvalue weighted by atomic mass is 9.90. The largest absolute Gasteiger partial charge is 0.497 e. The van der Waals surface area contributed by atoms with Crippen molar-refractivity contribution >= 4 is 0 Å². The molecule has 0 heterocycles. The molecule has 0 saturated carbocycles. The van der Waals surface area contributed by atoms with Gasteiger partial charge in [0.05, 0.1) is 13.7 Å². The lowest BCUT2D eigenvalue weighted by Crippen LogP contribution is -2.25. The molecule has 1 rings (SSSR count). The molecule has 2 N–H and O–H groups in total. The molecule has 0 atom stereocenters. The molecule has 17 heavy (non-hydrogen) atoms. The lowest BCUT2D eigenvalue weighted by Gasteiger charge is -2.21. The zero-order chi connectivity index (χ0) is 12.7. The second kappa shape index (κ2) is 6.62. The van der Waals surface area contributed by atoms with Crippen LogP contribution in [0.4, 0.5) is 0 Å². The minimum absolute atomic E-state index is 0.161. The average Bonchev–Trinajstić information content (AvgIpc) is 2.35. The summed E-state index contributed by atoms with van der Waals surface area (Å²) >= 11 is 0. The summed E-state index contributed by atoms with van der Waals surface area (Å²) in [5, 5.41) is 0. The van der Waals surface area contributed by atoms with Gasteiger partial charge in [-0.15, -0.1) is 0 Å². The summed E-state index contributed by atoms with van der Waals surface area (Å²) in [5.41, 5.74) is 6.96. The Balaban J connectivity index is 2.31. The highest BCUT2D eigenvalue weighted by Crippen LogP contribution is 2.18. The zero-order valence-electron chi connectivity index (χ0n) is 11.0. The molecule has 0 aromatic heterocycles. The Bertz CT molecular complexity index is 337. The van der Waals surface area contributed by atoms with Gasteiger partial charge >= 0.3 is 0 Å². The van der Waals surface area contributed by atoms with E-state index in [1.807, 2.05) is 24.3 Å². The average molecular weight is 237 g/mol. The normalized spacial score (nSPS) is 11.5. The Kier molecular flexibility index (Phi) is 5.45. The van der Waals surface area contributed by atoms with Crippen LogP contribution in [0.15, 0.2) is 24.3 Å². The minimum Gasteiger partial charge on any atom is -0.497 e. The van der Waals surface area contributed by atoms with Crippen LogP contribution in [0.3, 0.4) is 0 Å². The van der Waals surface area contributed by atoms with Crippen molar-refractivity contribution in [3.63, 3.8) is 0 Å². The van der Waals surface area contributed by atoms with Gasteiger partial charge in [-0.05, 0) is 36.1 Å². The molecule has 0 amide bonds. The molecular weight excluding hydrogens is 214 g/mol. The van der Waals surface area contributed by atoms with E-state index in [0.29, 0.717) is 13.2 Å². The highest BCUT2D eigenvalue weighted by Gasteiger charge is 2.14. The predicted octanol–water partition coefficient (Wildman–Crippen LogP) is 2.59. The molecule has 1 aromatic carbocycles. The van der Waals surface area contributed by atoms with Gasteiger partial charge in [-0.2, -0.15) is 0 Å². The zero-order valence-corrected chi connectivity index (χ0v) is 11.0. The first-order chi connectivity index (χ1) is 8.07. The van der Waals surface area contributed by atoms with Crippen LogP contribution in [0, 0.1) is 5.41 Å². The van der Waals surface area contributed by atoms with E-state index in [1.54, 1.807) is 7.11 Å². The van der Waals surface area contributed by atoms with Crippen LogP contribution in [-0.2, 0) is 11.3 Å². The molecule has 3 heteroatoms. The van der Waals surface area contributed by atoms with Crippen molar-refractivity contribution in [1.82, 2.24) is 0 Å². The van der Waals surface area contributed by atoms with Gasteiger partial charge in [0.25, 0.3) is 0 Å². The first-order valence-corrected chi connectivity index (χ1v) is 5.98. The van der Waals surface area contributed by atoms with E-state index in [4.69, 9.17) is 15.2 Å². The maximum Gasteiger partial charge on any atom is 0.119 e. The van der Waals surface area contributed by atoms with Crippen LogP contribution in [0.25, 0.3) is 0 Å². The predicted molar refractivity (Wildman–Crippen MR) is 70.1 cm³/mol. The SMILES string of the molecule is COc1cccc(COCCC(C)(C)CN)c1. The lowest BCUT2D eigenvalue weighted by molar-refractivity contribution is 0.0938. The molecule has 0 aliphatic carbocycles. The summed E-state index contributed by atoms with van der Waals surface area (Å²) in [6, 6.07) is 7.94. The second-order valence-corrected chi connectivity index (χ2v) is 5.02. The van der Waals surface area contributed by atoms with Gasteiger partial charge in [0.1, 0.15) is 5.75 Å². The minimum atomic E-state index is 0.161. The molecule has 0 aliphatic rings. The highest BCUT2D eigenvalue weighted by atomic mass is 16.5. The third kappa shape index (κ3) is 5.20. The van der Waals surface area contributed by atoms with E-state index >= 15 is 0 Å². The smallest absolute Gasteiger partial charge is 0.119 e. The van der Waals surface area contributed by atoms with Crippen LogP contribution in [0.5, 0.6) is 5.75 Å². The molecule has 0 spiro atoms. The van der Waals surface area contributed by atoms with Crippen molar-refractivity contribution in [3.05, 3.63) is 29.8 Å². The summed E-state index contributed by atoms with van der Waals surface area (Å²) < 4.78 is 10.8. The van der Waals surface area contributed by atoms with Crippen LogP contribution >= 0.6 is 0 Å². The van der Waals surface area contributed by atoms with Crippen LogP contribution in [0.2, 0.25) is 0 Å². The number of ether oxygens (including phenoxy) is 2. The van der Waals surface area contributed by atoms with E-state index in [1.165, 1.54) is 0 Å². The topological polar surface area (TPSA) is 44.5 Å². The first-order valence-electron chi connectivity index (χ1n) is 5.98. The van der Waals surface area contributed by atoms with Gasteiger partial charge < -0.3 is 15.2 Å². The molecule has 0 fully saturated rings. The van der Waals surface area contributed by atoms with Gasteiger partial charge in [-0.25, -0.2) is 0 Å². The molecule has 0 radical (unpaired) electrons. The van der Waals surface area contributed by atoms with Crippen molar-refractivity contribution < 1.29 is 9.47 Å². The molecule has 0 bridgehead atoms. The fourth-order valence-electron chi connectivity index (χ4n) is 1.40.